The van der Waals surface area contributed by atoms with Crippen LogP contribution in [0.3, 0.4) is 0 Å². The number of carbonyl (C=O) groups is 1. The molecule has 1 heterocycles. The number of hydrogen-bond donors (Lipinski definition) is 2. The highest BCUT2D eigenvalue weighted by Crippen LogP contribution is 2.21. The van der Waals surface area contributed by atoms with Crippen molar-refractivity contribution in [2.24, 2.45) is 0 Å². The Morgan fingerprint density at radius 2 is 1.90 bits per heavy atom. The highest BCUT2D eigenvalue weighted by Gasteiger charge is 2.16. The van der Waals surface area contributed by atoms with E-state index < -0.39 is 29.0 Å². The highest BCUT2D eigenvalue weighted by molar-refractivity contribution is 6.05. The molecule has 0 aliphatic rings. The number of imidazole rings is 1. The number of fused-ring (bicyclic) bond motifs is 1. The van der Waals surface area contributed by atoms with Crippen LogP contribution in [0, 0.1) is 17.5 Å². The third-order valence-electron chi connectivity index (χ3n) is 2.97. The van der Waals surface area contributed by atoms with Crippen LogP contribution < -0.4 is 5.32 Å². The van der Waals surface area contributed by atoms with Gasteiger partial charge in [-0.05, 0) is 30.3 Å². The Labute approximate surface area is 116 Å². The van der Waals surface area contributed by atoms with Crippen LogP contribution in [0.25, 0.3) is 11.0 Å². The molecule has 1 aromatic heterocycles. The average Bonchev–Trinajstić information content (AvgIpc) is 2.95. The molecule has 4 nitrogen and oxygen atoms in total. The number of carbonyl (C=O) groups excluding carboxylic acids is 1. The monoisotopic (exact) mass is 291 g/mol. The molecule has 0 unspecified atom stereocenters. The van der Waals surface area contributed by atoms with Gasteiger partial charge in [0.2, 0.25) is 0 Å². The Kier molecular flexibility index (Phi) is 3.09. The minimum Gasteiger partial charge on any atom is -0.345 e. The molecule has 0 saturated carbocycles. The second-order valence-corrected chi connectivity index (χ2v) is 4.31. The van der Waals surface area contributed by atoms with Gasteiger partial charge in [0.1, 0.15) is 0 Å². The Hall–Kier alpha value is -2.83. The fourth-order valence-corrected chi connectivity index (χ4v) is 1.89. The predicted molar refractivity (Wildman–Crippen MR) is 70.4 cm³/mol. The maximum atomic E-state index is 13.5. The summed E-state index contributed by atoms with van der Waals surface area (Å²) in [5.74, 6) is -5.02. The summed E-state index contributed by atoms with van der Waals surface area (Å²) >= 11 is 0. The largest absolute Gasteiger partial charge is 0.345 e. The normalized spacial score (nSPS) is 10.8. The summed E-state index contributed by atoms with van der Waals surface area (Å²) in [5, 5.41) is 2.20. The van der Waals surface area contributed by atoms with Crippen LogP contribution in [0.15, 0.2) is 36.7 Å². The first-order chi connectivity index (χ1) is 10.1. The molecule has 3 aromatic rings. The first kappa shape index (κ1) is 13.2. The first-order valence-corrected chi connectivity index (χ1v) is 5.94. The molecule has 7 heteroatoms. The molecule has 1 amide bonds. The number of rotatable bonds is 2. The average molecular weight is 291 g/mol. The van der Waals surface area contributed by atoms with E-state index in [1.807, 2.05) is 0 Å². The van der Waals surface area contributed by atoms with Gasteiger partial charge >= 0.3 is 0 Å². The summed E-state index contributed by atoms with van der Waals surface area (Å²) in [6.45, 7) is 0. The number of aromatic amines is 1. The van der Waals surface area contributed by atoms with Crippen molar-refractivity contribution in [3.8, 4) is 0 Å². The Morgan fingerprint density at radius 1 is 1.10 bits per heavy atom. The maximum absolute atomic E-state index is 13.5. The van der Waals surface area contributed by atoms with Gasteiger partial charge in [-0.1, -0.05) is 0 Å². The molecular weight excluding hydrogens is 283 g/mol. The van der Waals surface area contributed by atoms with E-state index in [0.29, 0.717) is 11.0 Å². The van der Waals surface area contributed by atoms with Gasteiger partial charge in [0.25, 0.3) is 5.91 Å². The van der Waals surface area contributed by atoms with Crippen LogP contribution in [-0.4, -0.2) is 15.9 Å². The third-order valence-corrected chi connectivity index (χ3v) is 2.97. The van der Waals surface area contributed by atoms with Crippen molar-refractivity contribution in [2.75, 3.05) is 5.32 Å². The smallest absolute Gasteiger partial charge is 0.255 e. The number of amides is 1. The zero-order valence-corrected chi connectivity index (χ0v) is 10.5. The standard InChI is InChI=1S/C14H8F3N3O/c15-8-2-4-10(13(17)12(8)16)20-14(21)7-1-3-9-11(5-7)19-6-18-9/h1-6H,(H,18,19)(H,20,21). The lowest BCUT2D eigenvalue weighted by Gasteiger charge is -2.07. The zero-order valence-electron chi connectivity index (χ0n) is 10.5. The minimum absolute atomic E-state index is 0.232. The molecule has 0 spiro atoms. The Balaban J connectivity index is 1.91. The molecule has 0 fully saturated rings. The maximum Gasteiger partial charge on any atom is 0.255 e. The van der Waals surface area contributed by atoms with E-state index in [4.69, 9.17) is 0 Å². The van der Waals surface area contributed by atoms with Gasteiger partial charge in [0, 0.05) is 5.56 Å². The predicted octanol–water partition coefficient (Wildman–Crippen LogP) is 3.23. The summed E-state index contributed by atoms with van der Waals surface area (Å²) in [5.41, 5.74) is 1.11. The van der Waals surface area contributed by atoms with Crippen LogP contribution in [0.4, 0.5) is 18.9 Å². The third kappa shape index (κ3) is 2.33. The van der Waals surface area contributed by atoms with Crippen LogP contribution in [0.2, 0.25) is 0 Å². The van der Waals surface area contributed by atoms with Gasteiger partial charge in [0.15, 0.2) is 17.5 Å². The van der Waals surface area contributed by atoms with Crippen LogP contribution in [-0.2, 0) is 0 Å². The van der Waals surface area contributed by atoms with E-state index in [-0.39, 0.29) is 5.56 Å². The van der Waals surface area contributed by atoms with Crippen molar-refractivity contribution < 1.29 is 18.0 Å². The van der Waals surface area contributed by atoms with Crippen LogP contribution in [0.5, 0.6) is 0 Å². The fourth-order valence-electron chi connectivity index (χ4n) is 1.89. The lowest BCUT2D eigenvalue weighted by molar-refractivity contribution is 0.102. The number of nitrogens with one attached hydrogen (secondary N) is 2. The number of H-pyrrole nitrogens is 1. The Bertz CT molecular complexity index is 845. The molecule has 0 bridgehead atoms. The summed E-state index contributed by atoms with van der Waals surface area (Å²) < 4.78 is 39.4. The molecule has 0 aliphatic heterocycles. The van der Waals surface area contributed by atoms with Crippen molar-refractivity contribution in [2.45, 2.75) is 0 Å². The van der Waals surface area contributed by atoms with E-state index in [2.05, 4.69) is 15.3 Å². The number of benzene rings is 2. The van der Waals surface area contributed by atoms with Gasteiger partial charge < -0.3 is 10.3 Å². The van der Waals surface area contributed by atoms with E-state index in [9.17, 15) is 18.0 Å². The number of anilines is 1. The zero-order chi connectivity index (χ0) is 15.0. The van der Waals surface area contributed by atoms with Gasteiger partial charge in [-0.15, -0.1) is 0 Å². The summed E-state index contributed by atoms with van der Waals surface area (Å²) in [6.07, 6.45) is 1.47. The second-order valence-electron chi connectivity index (χ2n) is 4.31. The Morgan fingerprint density at radius 3 is 2.71 bits per heavy atom. The lowest BCUT2D eigenvalue weighted by atomic mass is 10.2. The highest BCUT2D eigenvalue weighted by atomic mass is 19.2. The van der Waals surface area contributed by atoms with E-state index in [1.165, 1.54) is 18.5 Å². The van der Waals surface area contributed by atoms with E-state index >= 15 is 0 Å². The van der Waals surface area contributed by atoms with Crippen LogP contribution in [0.1, 0.15) is 10.4 Å². The molecular formula is C14H8F3N3O. The number of halogens is 3. The molecule has 2 N–H and O–H groups in total. The van der Waals surface area contributed by atoms with Crippen molar-refractivity contribution in [3.05, 3.63) is 59.7 Å². The summed E-state index contributed by atoms with van der Waals surface area (Å²) in [4.78, 5) is 18.8. The minimum atomic E-state index is -1.63. The van der Waals surface area contributed by atoms with E-state index in [0.717, 1.165) is 12.1 Å². The first-order valence-electron chi connectivity index (χ1n) is 5.94. The number of nitrogens with zero attached hydrogens (tertiary/aromatic N) is 1. The van der Waals surface area contributed by atoms with Gasteiger partial charge in [0.05, 0.1) is 23.0 Å². The topological polar surface area (TPSA) is 57.8 Å². The molecule has 2 aromatic carbocycles. The van der Waals surface area contributed by atoms with Crippen molar-refractivity contribution in [3.63, 3.8) is 0 Å². The molecule has 0 saturated heterocycles. The van der Waals surface area contributed by atoms with Crippen molar-refractivity contribution in [1.82, 2.24) is 9.97 Å². The van der Waals surface area contributed by atoms with Gasteiger partial charge in [-0.3, -0.25) is 4.79 Å². The van der Waals surface area contributed by atoms with Crippen LogP contribution >= 0.6 is 0 Å². The van der Waals surface area contributed by atoms with Gasteiger partial charge in [-0.25, -0.2) is 18.2 Å². The van der Waals surface area contributed by atoms with Crippen molar-refractivity contribution >= 4 is 22.6 Å². The summed E-state index contributed by atoms with van der Waals surface area (Å²) in [6, 6.07) is 6.33. The molecule has 3 rings (SSSR count). The fraction of sp³-hybridized carbons (Fsp3) is 0. The number of hydrogen-bond acceptors (Lipinski definition) is 2. The molecule has 0 atom stereocenters. The molecule has 106 valence electrons. The lowest BCUT2D eigenvalue weighted by Crippen LogP contribution is -2.13. The van der Waals surface area contributed by atoms with E-state index in [1.54, 1.807) is 6.07 Å². The number of aromatic nitrogens is 2. The SMILES string of the molecule is O=C(Nc1ccc(F)c(F)c1F)c1ccc2nc[nH]c2c1. The van der Waals surface area contributed by atoms with Gasteiger partial charge in [-0.2, -0.15) is 0 Å². The summed E-state index contributed by atoms with van der Waals surface area (Å²) in [7, 11) is 0. The molecule has 0 radical (unpaired) electrons. The quantitative estimate of drug-likeness (QED) is 0.712. The molecule has 21 heavy (non-hydrogen) atoms. The second kappa shape index (κ2) is 4.93. The molecule has 0 aliphatic carbocycles. The van der Waals surface area contributed by atoms with Crippen molar-refractivity contribution in [1.29, 1.82) is 0 Å².